The average molecular weight is 279 g/mol. The van der Waals surface area contributed by atoms with Crippen molar-refractivity contribution in [2.75, 3.05) is 7.11 Å². The van der Waals surface area contributed by atoms with Crippen LogP contribution in [0.15, 0.2) is 54.9 Å². The Hall–Kier alpha value is -2.46. The summed E-state index contributed by atoms with van der Waals surface area (Å²) in [6, 6.07) is 14.2. The Kier molecular flexibility index (Phi) is 3.79. The number of hydrogen-bond donors (Lipinski definition) is 1. The first kappa shape index (κ1) is 13.5. The van der Waals surface area contributed by atoms with Crippen LogP contribution in [0.1, 0.15) is 18.6 Å². The van der Waals surface area contributed by atoms with Crippen LogP contribution < -0.4 is 0 Å². The van der Waals surface area contributed by atoms with E-state index in [1.807, 2.05) is 37.4 Å². The van der Waals surface area contributed by atoms with Crippen molar-refractivity contribution in [3.8, 4) is 22.5 Å². The second-order valence-corrected chi connectivity index (χ2v) is 4.88. The van der Waals surface area contributed by atoms with Gasteiger partial charge in [0.05, 0.1) is 23.7 Å². The van der Waals surface area contributed by atoms with Gasteiger partial charge in [0.1, 0.15) is 0 Å². The first-order valence-corrected chi connectivity index (χ1v) is 6.87. The van der Waals surface area contributed by atoms with E-state index in [1.54, 1.807) is 13.3 Å². The molecule has 106 valence electrons. The molecule has 3 rings (SSSR count). The van der Waals surface area contributed by atoms with Gasteiger partial charge in [0.15, 0.2) is 0 Å². The molecule has 0 aliphatic heterocycles. The summed E-state index contributed by atoms with van der Waals surface area (Å²) in [5.74, 6) is 0. The zero-order valence-corrected chi connectivity index (χ0v) is 12.1. The maximum absolute atomic E-state index is 5.39. The Labute approximate surface area is 123 Å². The molecular weight excluding hydrogens is 262 g/mol. The van der Waals surface area contributed by atoms with Gasteiger partial charge in [0, 0.05) is 18.9 Å². The Morgan fingerprint density at radius 3 is 2.81 bits per heavy atom. The van der Waals surface area contributed by atoms with Crippen molar-refractivity contribution in [3.05, 3.63) is 60.4 Å². The highest BCUT2D eigenvalue weighted by molar-refractivity contribution is 5.78. The van der Waals surface area contributed by atoms with Crippen LogP contribution in [0.25, 0.3) is 22.5 Å². The SMILES string of the molecule is COC(C)c1cccc(-c2cn[nH]c2-c2ccccn2)c1. The Morgan fingerprint density at radius 1 is 1.14 bits per heavy atom. The first-order chi connectivity index (χ1) is 10.3. The van der Waals surface area contributed by atoms with Gasteiger partial charge < -0.3 is 4.74 Å². The van der Waals surface area contributed by atoms with Crippen LogP contribution >= 0.6 is 0 Å². The van der Waals surface area contributed by atoms with Gasteiger partial charge in [-0.2, -0.15) is 5.10 Å². The van der Waals surface area contributed by atoms with Crippen LogP contribution in [0, 0.1) is 0 Å². The lowest BCUT2D eigenvalue weighted by atomic mass is 10.0. The zero-order chi connectivity index (χ0) is 14.7. The van der Waals surface area contributed by atoms with E-state index in [1.165, 1.54) is 0 Å². The predicted molar refractivity (Wildman–Crippen MR) is 82.7 cm³/mol. The molecule has 4 heteroatoms. The van der Waals surface area contributed by atoms with Crippen molar-refractivity contribution in [2.45, 2.75) is 13.0 Å². The number of H-pyrrole nitrogens is 1. The fraction of sp³-hybridized carbons (Fsp3) is 0.176. The number of aromatic amines is 1. The molecule has 4 nitrogen and oxygen atoms in total. The highest BCUT2D eigenvalue weighted by Crippen LogP contribution is 2.30. The van der Waals surface area contributed by atoms with Crippen molar-refractivity contribution in [2.24, 2.45) is 0 Å². The van der Waals surface area contributed by atoms with E-state index in [-0.39, 0.29) is 6.10 Å². The third-order valence-electron chi connectivity index (χ3n) is 3.58. The number of hydrogen-bond acceptors (Lipinski definition) is 3. The number of rotatable bonds is 4. The van der Waals surface area contributed by atoms with Gasteiger partial charge in [-0.25, -0.2) is 0 Å². The molecule has 1 unspecified atom stereocenters. The monoisotopic (exact) mass is 279 g/mol. The smallest absolute Gasteiger partial charge is 0.0912 e. The molecule has 3 aromatic rings. The third kappa shape index (κ3) is 2.71. The maximum Gasteiger partial charge on any atom is 0.0912 e. The summed E-state index contributed by atoms with van der Waals surface area (Å²) in [6.07, 6.45) is 3.68. The fourth-order valence-electron chi connectivity index (χ4n) is 2.31. The number of methoxy groups -OCH3 is 1. The summed E-state index contributed by atoms with van der Waals surface area (Å²) in [5, 5.41) is 7.21. The summed E-state index contributed by atoms with van der Waals surface area (Å²) < 4.78 is 5.39. The summed E-state index contributed by atoms with van der Waals surface area (Å²) >= 11 is 0. The molecule has 0 spiro atoms. The van der Waals surface area contributed by atoms with Crippen molar-refractivity contribution in [3.63, 3.8) is 0 Å². The fourth-order valence-corrected chi connectivity index (χ4v) is 2.31. The Morgan fingerprint density at radius 2 is 2.05 bits per heavy atom. The van der Waals surface area contributed by atoms with E-state index in [2.05, 4.69) is 33.4 Å². The summed E-state index contributed by atoms with van der Waals surface area (Å²) in [4.78, 5) is 4.39. The van der Waals surface area contributed by atoms with Gasteiger partial charge in [0.2, 0.25) is 0 Å². The molecule has 0 saturated heterocycles. The number of nitrogens with one attached hydrogen (secondary N) is 1. The number of ether oxygens (including phenoxy) is 1. The molecule has 0 bridgehead atoms. The third-order valence-corrected chi connectivity index (χ3v) is 3.58. The van der Waals surface area contributed by atoms with Crippen molar-refractivity contribution in [1.29, 1.82) is 0 Å². The summed E-state index contributed by atoms with van der Waals surface area (Å²) in [7, 11) is 1.72. The highest BCUT2D eigenvalue weighted by atomic mass is 16.5. The second-order valence-electron chi connectivity index (χ2n) is 4.88. The lowest BCUT2D eigenvalue weighted by Gasteiger charge is -2.11. The summed E-state index contributed by atoms with van der Waals surface area (Å²) in [6.45, 7) is 2.04. The minimum atomic E-state index is 0.0650. The molecular formula is C17H17N3O. The lowest BCUT2D eigenvalue weighted by Crippen LogP contribution is -1.95. The molecule has 2 aromatic heterocycles. The van der Waals surface area contributed by atoms with Crippen molar-refractivity contribution in [1.82, 2.24) is 15.2 Å². The topological polar surface area (TPSA) is 50.8 Å². The molecule has 0 fully saturated rings. The number of benzene rings is 1. The quantitative estimate of drug-likeness (QED) is 0.789. The maximum atomic E-state index is 5.39. The molecule has 1 atom stereocenters. The molecule has 0 amide bonds. The molecule has 0 aliphatic rings. The van der Waals surface area contributed by atoms with Gasteiger partial charge in [0.25, 0.3) is 0 Å². The molecule has 1 aromatic carbocycles. The Balaban J connectivity index is 2.05. The number of pyridine rings is 1. The predicted octanol–water partition coefficient (Wildman–Crippen LogP) is 3.85. The standard InChI is InChI=1S/C17H17N3O/c1-12(21-2)13-6-5-7-14(10-13)15-11-19-20-17(15)16-8-3-4-9-18-16/h3-12H,1-2H3,(H,19,20). The van der Waals surface area contributed by atoms with Crippen LogP contribution in [-0.2, 0) is 4.74 Å². The van der Waals surface area contributed by atoms with Crippen LogP contribution in [-0.4, -0.2) is 22.3 Å². The molecule has 0 radical (unpaired) electrons. The minimum absolute atomic E-state index is 0.0650. The largest absolute Gasteiger partial charge is 0.377 e. The lowest BCUT2D eigenvalue weighted by molar-refractivity contribution is 0.119. The van der Waals surface area contributed by atoms with Crippen molar-refractivity contribution < 1.29 is 4.74 Å². The second kappa shape index (κ2) is 5.89. The van der Waals surface area contributed by atoms with Gasteiger partial charge >= 0.3 is 0 Å². The van der Waals surface area contributed by atoms with Gasteiger partial charge in [-0.1, -0.05) is 24.3 Å². The van der Waals surface area contributed by atoms with Crippen molar-refractivity contribution >= 4 is 0 Å². The van der Waals surface area contributed by atoms with Gasteiger partial charge in [-0.15, -0.1) is 0 Å². The van der Waals surface area contributed by atoms with Crippen LogP contribution in [0.5, 0.6) is 0 Å². The van der Waals surface area contributed by atoms with E-state index in [0.29, 0.717) is 0 Å². The first-order valence-electron chi connectivity index (χ1n) is 6.87. The van der Waals surface area contributed by atoms with E-state index >= 15 is 0 Å². The normalized spacial score (nSPS) is 12.3. The molecule has 1 N–H and O–H groups in total. The molecule has 2 heterocycles. The number of nitrogens with zero attached hydrogens (tertiary/aromatic N) is 2. The average Bonchev–Trinajstić information content (AvgIpc) is 3.04. The van der Waals surface area contributed by atoms with E-state index in [0.717, 1.165) is 28.1 Å². The van der Waals surface area contributed by atoms with E-state index in [9.17, 15) is 0 Å². The van der Waals surface area contributed by atoms with E-state index in [4.69, 9.17) is 4.74 Å². The highest BCUT2D eigenvalue weighted by Gasteiger charge is 2.12. The van der Waals surface area contributed by atoms with Gasteiger partial charge in [-0.05, 0) is 36.2 Å². The number of aromatic nitrogens is 3. The minimum Gasteiger partial charge on any atom is -0.377 e. The van der Waals surface area contributed by atoms with Crippen LogP contribution in [0.3, 0.4) is 0 Å². The van der Waals surface area contributed by atoms with Crippen LogP contribution in [0.4, 0.5) is 0 Å². The van der Waals surface area contributed by atoms with Gasteiger partial charge in [-0.3, -0.25) is 10.1 Å². The van der Waals surface area contributed by atoms with Crippen LogP contribution in [0.2, 0.25) is 0 Å². The van der Waals surface area contributed by atoms with E-state index < -0.39 is 0 Å². The molecule has 0 saturated carbocycles. The molecule has 0 aliphatic carbocycles. The summed E-state index contributed by atoms with van der Waals surface area (Å²) in [5.41, 5.74) is 5.10. The Bertz CT molecular complexity index is 722. The molecule has 21 heavy (non-hydrogen) atoms. The zero-order valence-electron chi connectivity index (χ0n) is 12.1.